The van der Waals surface area contributed by atoms with Crippen molar-refractivity contribution in [1.29, 1.82) is 0 Å². The third-order valence-electron chi connectivity index (χ3n) is 4.69. The van der Waals surface area contributed by atoms with Crippen LogP contribution in [0, 0.1) is 0 Å². The molecule has 4 rings (SSSR count). The van der Waals surface area contributed by atoms with E-state index in [1.54, 1.807) is 40.5 Å². The molecule has 0 fully saturated rings. The Morgan fingerprint density at radius 2 is 2.06 bits per heavy atom. The first-order valence-electron chi connectivity index (χ1n) is 9.82. The molecule has 0 aliphatic rings. The Morgan fingerprint density at radius 1 is 1.24 bits per heavy atom. The molecule has 3 aromatic heterocycles. The lowest BCUT2D eigenvalue weighted by Gasteiger charge is -2.12. The van der Waals surface area contributed by atoms with Gasteiger partial charge in [-0.05, 0) is 24.3 Å². The maximum atomic E-state index is 12.9. The van der Waals surface area contributed by atoms with Gasteiger partial charge in [-0.1, -0.05) is 24.2 Å². The van der Waals surface area contributed by atoms with Crippen molar-refractivity contribution in [3.05, 3.63) is 70.3 Å². The lowest BCUT2D eigenvalue weighted by atomic mass is 10.3. The second-order valence-electron chi connectivity index (χ2n) is 7.24. The number of thiophene rings is 1. The molecule has 33 heavy (non-hydrogen) atoms. The van der Waals surface area contributed by atoms with Gasteiger partial charge < -0.3 is 14.8 Å². The number of carbonyl (C=O) groups excluding carboxylic acids is 2. The molecule has 0 unspecified atom stereocenters. The molecule has 0 saturated carbocycles. The van der Waals surface area contributed by atoms with Crippen molar-refractivity contribution in [1.82, 2.24) is 19.5 Å². The molecule has 0 atom stereocenters. The summed E-state index contributed by atoms with van der Waals surface area (Å²) < 4.78 is 1.79. The van der Waals surface area contributed by atoms with E-state index in [1.807, 2.05) is 25.1 Å². The monoisotopic (exact) mass is 481 g/mol. The number of aromatic nitrogens is 4. The van der Waals surface area contributed by atoms with Crippen LogP contribution in [0.4, 0.5) is 17.5 Å². The zero-order chi connectivity index (χ0) is 23.5. The zero-order valence-electron chi connectivity index (χ0n) is 17.9. The van der Waals surface area contributed by atoms with Crippen LogP contribution < -0.4 is 15.5 Å². The average molecular weight is 482 g/mol. The number of imidazole rings is 1. The Bertz CT molecular complexity index is 1340. The summed E-state index contributed by atoms with van der Waals surface area (Å²) in [6.07, 6.45) is 4.52. The minimum atomic E-state index is -0.360. The van der Waals surface area contributed by atoms with Gasteiger partial charge in [0.05, 0.1) is 51.3 Å². The summed E-state index contributed by atoms with van der Waals surface area (Å²) >= 11 is 7.67. The highest BCUT2D eigenvalue weighted by Gasteiger charge is 2.18. The first-order valence-corrected chi connectivity index (χ1v) is 11.1. The summed E-state index contributed by atoms with van der Waals surface area (Å²) in [6.45, 7) is 3.73. The first kappa shape index (κ1) is 22.4. The van der Waals surface area contributed by atoms with Gasteiger partial charge in [-0.3, -0.25) is 19.9 Å². The lowest BCUT2D eigenvalue weighted by Crippen LogP contribution is -2.16. The number of halogens is 1. The Morgan fingerprint density at radius 3 is 2.76 bits per heavy atom. The number of fused-ring (bicyclic) bond motifs is 1. The van der Waals surface area contributed by atoms with E-state index >= 15 is 0 Å². The number of hydrogen-bond donors (Lipinski definition) is 2. The number of hydrogen-bond acceptors (Lipinski definition) is 7. The predicted molar refractivity (Wildman–Crippen MR) is 131 cm³/mol. The van der Waals surface area contributed by atoms with Crippen molar-refractivity contribution in [3.8, 4) is 0 Å². The van der Waals surface area contributed by atoms with Gasteiger partial charge in [0.25, 0.3) is 5.91 Å². The molecule has 2 N–H and O–H groups in total. The molecule has 0 radical (unpaired) electrons. The Hall–Kier alpha value is -3.76. The molecule has 0 aliphatic heterocycles. The summed E-state index contributed by atoms with van der Waals surface area (Å²) in [5, 5.41) is 7.66. The van der Waals surface area contributed by atoms with Gasteiger partial charge in [0.1, 0.15) is 5.82 Å². The molecule has 9 nitrogen and oxygen atoms in total. The molecule has 1 aromatic carbocycles. The SMILES string of the molecule is C=CC(=O)Nc1csc(C(=O)Nc2nc3cccc(Cl)c3n2Cc2cnc(N(C)C)cn2)c1. The number of rotatable bonds is 7. The summed E-state index contributed by atoms with van der Waals surface area (Å²) in [6, 6.07) is 6.98. The quantitative estimate of drug-likeness (QED) is 0.386. The molecule has 3 heterocycles. The number of nitrogens with zero attached hydrogens (tertiary/aromatic N) is 5. The smallest absolute Gasteiger partial charge is 0.268 e. The Labute approximate surface area is 198 Å². The van der Waals surface area contributed by atoms with Gasteiger partial charge in [0, 0.05) is 19.5 Å². The van der Waals surface area contributed by atoms with Gasteiger partial charge in [-0.15, -0.1) is 11.3 Å². The number of amides is 2. The van der Waals surface area contributed by atoms with E-state index < -0.39 is 0 Å². The molecule has 0 bridgehead atoms. The van der Waals surface area contributed by atoms with Crippen LogP contribution in [-0.4, -0.2) is 45.4 Å². The standard InChI is InChI=1S/C22H20ClN7O2S/c1-4-19(31)26-13-8-17(33-12-13)21(32)28-22-27-16-7-5-6-15(23)20(16)30(22)11-14-9-25-18(10-24-14)29(2)3/h4-10,12H,1,11H2,2-3H3,(H,26,31)(H,27,28,32). The summed E-state index contributed by atoms with van der Waals surface area (Å²) in [5.41, 5.74) is 2.52. The van der Waals surface area contributed by atoms with Gasteiger partial charge in [0.2, 0.25) is 11.9 Å². The number of benzene rings is 1. The van der Waals surface area contributed by atoms with Crippen molar-refractivity contribution in [2.24, 2.45) is 0 Å². The number of para-hydroxylation sites is 1. The van der Waals surface area contributed by atoms with Crippen molar-refractivity contribution < 1.29 is 9.59 Å². The van der Waals surface area contributed by atoms with Gasteiger partial charge in [0.15, 0.2) is 0 Å². The topological polar surface area (TPSA) is 105 Å². The second kappa shape index (κ2) is 9.39. The molecule has 0 aliphatic carbocycles. The van der Waals surface area contributed by atoms with E-state index in [2.05, 4.69) is 32.2 Å². The fraction of sp³-hybridized carbons (Fsp3) is 0.136. The van der Waals surface area contributed by atoms with Crippen LogP contribution in [0.3, 0.4) is 0 Å². The van der Waals surface area contributed by atoms with E-state index in [-0.39, 0.29) is 11.8 Å². The van der Waals surface area contributed by atoms with Crippen molar-refractivity contribution in [2.45, 2.75) is 6.54 Å². The van der Waals surface area contributed by atoms with Crippen LogP contribution in [0.1, 0.15) is 15.4 Å². The van der Waals surface area contributed by atoms with Gasteiger partial charge in [-0.2, -0.15) is 0 Å². The Kier molecular flexibility index (Phi) is 6.38. The molecular formula is C22H20ClN7O2S. The highest BCUT2D eigenvalue weighted by atomic mass is 35.5. The van der Waals surface area contributed by atoms with Gasteiger partial charge >= 0.3 is 0 Å². The molecule has 11 heteroatoms. The van der Waals surface area contributed by atoms with Crippen LogP contribution in [0.5, 0.6) is 0 Å². The fourth-order valence-electron chi connectivity index (χ4n) is 3.09. The molecule has 0 spiro atoms. The van der Waals surface area contributed by atoms with E-state index in [0.29, 0.717) is 44.8 Å². The maximum absolute atomic E-state index is 12.9. The second-order valence-corrected chi connectivity index (χ2v) is 8.56. The first-order chi connectivity index (χ1) is 15.9. The number of anilines is 3. The third kappa shape index (κ3) is 4.86. The average Bonchev–Trinajstić information content (AvgIpc) is 3.39. The third-order valence-corrected chi connectivity index (χ3v) is 5.92. The summed E-state index contributed by atoms with van der Waals surface area (Å²) in [7, 11) is 3.78. The van der Waals surface area contributed by atoms with Crippen molar-refractivity contribution in [3.63, 3.8) is 0 Å². The van der Waals surface area contributed by atoms with E-state index in [9.17, 15) is 9.59 Å². The van der Waals surface area contributed by atoms with Gasteiger partial charge in [-0.25, -0.2) is 9.97 Å². The minimum absolute atomic E-state index is 0.307. The fourth-order valence-corrected chi connectivity index (χ4v) is 4.10. The largest absolute Gasteiger partial charge is 0.361 e. The summed E-state index contributed by atoms with van der Waals surface area (Å²) in [5.74, 6) is 0.350. The molecular weight excluding hydrogens is 462 g/mol. The molecule has 2 amide bonds. The number of nitrogens with one attached hydrogen (secondary N) is 2. The highest BCUT2D eigenvalue weighted by Crippen LogP contribution is 2.28. The summed E-state index contributed by atoms with van der Waals surface area (Å²) in [4.78, 5) is 40.1. The lowest BCUT2D eigenvalue weighted by molar-refractivity contribution is -0.111. The number of carbonyl (C=O) groups is 2. The van der Waals surface area contributed by atoms with E-state index in [4.69, 9.17) is 11.6 Å². The highest BCUT2D eigenvalue weighted by molar-refractivity contribution is 7.12. The molecule has 0 saturated heterocycles. The van der Waals surface area contributed by atoms with Crippen LogP contribution in [0.25, 0.3) is 11.0 Å². The van der Waals surface area contributed by atoms with Crippen molar-refractivity contribution >= 4 is 63.2 Å². The normalized spacial score (nSPS) is 10.8. The van der Waals surface area contributed by atoms with E-state index in [1.165, 1.54) is 11.3 Å². The van der Waals surface area contributed by atoms with Crippen LogP contribution >= 0.6 is 22.9 Å². The van der Waals surface area contributed by atoms with E-state index in [0.717, 1.165) is 11.9 Å². The maximum Gasteiger partial charge on any atom is 0.268 e. The minimum Gasteiger partial charge on any atom is -0.361 e. The molecule has 4 aromatic rings. The van der Waals surface area contributed by atoms with Crippen LogP contribution in [0.2, 0.25) is 5.02 Å². The van der Waals surface area contributed by atoms with Crippen LogP contribution in [-0.2, 0) is 11.3 Å². The zero-order valence-corrected chi connectivity index (χ0v) is 19.4. The Balaban J connectivity index is 1.65. The predicted octanol–water partition coefficient (Wildman–Crippen LogP) is 4.03. The van der Waals surface area contributed by atoms with Crippen LogP contribution in [0.15, 0.2) is 54.7 Å². The molecule has 168 valence electrons. The van der Waals surface area contributed by atoms with Crippen molar-refractivity contribution in [2.75, 3.05) is 29.6 Å².